The molecule has 1 rings (SSSR count). The first-order chi connectivity index (χ1) is 3.93. The summed E-state index contributed by atoms with van der Waals surface area (Å²) in [7, 11) is 0. The van der Waals surface area contributed by atoms with Gasteiger partial charge in [0.2, 0.25) is 0 Å². The predicted octanol–water partition coefficient (Wildman–Crippen LogP) is -0.726. The van der Waals surface area contributed by atoms with Crippen LogP contribution in [0.1, 0.15) is 0 Å². The quantitative estimate of drug-likeness (QED) is 0.457. The van der Waals surface area contributed by atoms with Gasteiger partial charge in [-0.3, -0.25) is 4.90 Å². The van der Waals surface area contributed by atoms with Gasteiger partial charge in [-0.25, -0.2) is 0 Å². The van der Waals surface area contributed by atoms with Gasteiger partial charge in [0.15, 0.2) is 0 Å². The molecule has 2 radical (unpaired) electrons. The topological polar surface area (TPSA) is 38.5 Å². The minimum absolute atomic E-state index is 0.782. The summed E-state index contributed by atoms with van der Waals surface area (Å²) in [5.74, 6) is 0. The zero-order chi connectivity index (χ0) is 5.82. The molecule has 1 heterocycles. The molecule has 3 heteroatoms. The lowest BCUT2D eigenvalue weighted by Gasteiger charge is -2.23. The lowest BCUT2D eigenvalue weighted by molar-refractivity contribution is 0.0510. The molecule has 1 aliphatic heterocycles. The summed E-state index contributed by atoms with van der Waals surface area (Å²) in [5, 5.41) is 0. The molecule has 46 valence electrons. The second-order valence-corrected chi connectivity index (χ2v) is 1.73. The first-order valence-corrected chi connectivity index (χ1v) is 2.72. The van der Waals surface area contributed by atoms with Crippen molar-refractivity contribution in [3.8, 4) is 0 Å². The molecule has 1 aliphatic rings. The molecule has 1 saturated heterocycles. The van der Waals surface area contributed by atoms with Crippen molar-refractivity contribution < 1.29 is 4.74 Å². The van der Waals surface area contributed by atoms with Crippen molar-refractivity contribution in [2.24, 2.45) is 5.73 Å². The Morgan fingerprint density at radius 1 is 1.38 bits per heavy atom. The maximum Gasteiger partial charge on any atom is 0.140 e. The molecule has 1 fully saturated rings. The zero-order valence-electron chi connectivity index (χ0n) is 4.76. The van der Waals surface area contributed by atoms with E-state index >= 15 is 0 Å². The van der Waals surface area contributed by atoms with Gasteiger partial charge in [-0.05, 0) is 0 Å². The molecule has 8 heavy (non-hydrogen) atoms. The second kappa shape index (κ2) is 3.02. The van der Waals surface area contributed by atoms with Gasteiger partial charge in [0.25, 0.3) is 0 Å². The monoisotopic (exact) mass is 114 g/mol. The van der Waals surface area contributed by atoms with Gasteiger partial charge >= 0.3 is 0 Å². The number of hydrogen-bond donors (Lipinski definition) is 1. The third-order valence-corrected chi connectivity index (χ3v) is 1.19. The molecular formula is C5H10N2O. The van der Waals surface area contributed by atoms with Crippen LogP contribution >= 0.6 is 0 Å². The molecule has 0 spiro atoms. The van der Waals surface area contributed by atoms with Crippen LogP contribution in [0, 0.1) is 6.67 Å². The fourth-order valence-electron chi connectivity index (χ4n) is 0.692. The van der Waals surface area contributed by atoms with Gasteiger partial charge in [0.05, 0.1) is 13.2 Å². The highest BCUT2D eigenvalue weighted by Crippen LogP contribution is 1.94. The SMILES string of the molecule is N[C]N1CCOCC1. The Kier molecular flexibility index (Phi) is 2.27. The van der Waals surface area contributed by atoms with Crippen LogP contribution in [-0.4, -0.2) is 31.2 Å². The lowest BCUT2D eigenvalue weighted by Crippen LogP contribution is -2.36. The molecule has 2 N–H and O–H groups in total. The second-order valence-electron chi connectivity index (χ2n) is 1.73. The Bertz CT molecular complexity index is 61.4. The van der Waals surface area contributed by atoms with E-state index in [1.807, 2.05) is 4.90 Å². The number of ether oxygens (including phenoxy) is 1. The molecule has 0 bridgehead atoms. The average molecular weight is 114 g/mol. The molecule has 0 unspecified atom stereocenters. The van der Waals surface area contributed by atoms with E-state index in [1.54, 1.807) is 0 Å². The van der Waals surface area contributed by atoms with E-state index in [0.717, 1.165) is 26.3 Å². The average Bonchev–Trinajstić information content (AvgIpc) is 1.90. The van der Waals surface area contributed by atoms with Crippen LogP contribution in [0.2, 0.25) is 0 Å². The van der Waals surface area contributed by atoms with Crippen molar-refractivity contribution in [1.29, 1.82) is 0 Å². The van der Waals surface area contributed by atoms with Gasteiger partial charge in [-0.15, -0.1) is 0 Å². The molecule has 0 amide bonds. The molecule has 3 nitrogen and oxygen atoms in total. The van der Waals surface area contributed by atoms with Gasteiger partial charge in [-0.2, -0.15) is 0 Å². The molecule has 0 atom stereocenters. The van der Waals surface area contributed by atoms with Gasteiger partial charge in [0.1, 0.15) is 6.67 Å². The van der Waals surface area contributed by atoms with Crippen molar-refractivity contribution in [2.45, 2.75) is 0 Å². The molecule has 0 aliphatic carbocycles. The van der Waals surface area contributed by atoms with E-state index < -0.39 is 0 Å². The van der Waals surface area contributed by atoms with Crippen molar-refractivity contribution >= 4 is 0 Å². The number of rotatable bonds is 1. The maximum absolute atomic E-state index is 5.12. The normalized spacial score (nSPS) is 23.6. The van der Waals surface area contributed by atoms with Crippen molar-refractivity contribution in [3.63, 3.8) is 0 Å². The van der Waals surface area contributed by atoms with Crippen LogP contribution in [0.5, 0.6) is 0 Å². The third-order valence-electron chi connectivity index (χ3n) is 1.19. The van der Waals surface area contributed by atoms with Crippen LogP contribution < -0.4 is 5.73 Å². The summed E-state index contributed by atoms with van der Waals surface area (Å²) in [6.07, 6.45) is 0. The molecule has 0 aromatic rings. The molecule has 0 aromatic carbocycles. The minimum atomic E-state index is 0.782. The Labute approximate surface area is 49.4 Å². The number of nitrogens with zero attached hydrogens (tertiary/aromatic N) is 1. The van der Waals surface area contributed by atoms with E-state index in [0.29, 0.717) is 0 Å². The van der Waals surface area contributed by atoms with E-state index in [2.05, 4.69) is 6.67 Å². The van der Waals surface area contributed by atoms with Crippen LogP contribution in [0.15, 0.2) is 0 Å². The van der Waals surface area contributed by atoms with E-state index in [4.69, 9.17) is 10.5 Å². The highest BCUT2D eigenvalue weighted by molar-refractivity contribution is 4.64. The summed E-state index contributed by atoms with van der Waals surface area (Å²) in [6, 6.07) is 0. The largest absolute Gasteiger partial charge is 0.379 e. The molecule has 0 saturated carbocycles. The fraction of sp³-hybridized carbons (Fsp3) is 0.800. The van der Waals surface area contributed by atoms with Crippen molar-refractivity contribution in [2.75, 3.05) is 26.3 Å². The Morgan fingerprint density at radius 3 is 2.38 bits per heavy atom. The first kappa shape index (κ1) is 6.01. The fourth-order valence-corrected chi connectivity index (χ4v) is 0.692. The van der Waals surface area contributed by atoms with E-state index in [1.165, 1.54) is 0 Å². The highest BCUT2D eigenvalue weighted by atomic mass is 16.5. The summed E-state index contributed by atoms with van der Waals surface area (Å²) >= 11 is 0. The smallest absolute Gasteiger partial charge is 0.140 e. The Balaban J connectivity index is 2.13. The van der Waals surface area contributed by atoms with Gasteiger partial charge in [0, 0.05) is 13.1 Å². The number of morpholine rings is 1. The predicted molar refractivity (Wildman–Crippen MR) is 29.8 cm³/mol. The first-order valence-electron chi connectivity index (χ1n) is 2.72. The van der Waals surface area contributed by atoms with E-state index in [-0.39, 0.29) is 0 Å². The Hall–Kier alpha value is -0.120. The molecular weight excluding hydrogens is 104 g/mol. The lowest BCUT2D eigenvalue weighted by atomic mass is 10.5. The van der Waals surface area contributed by atoms with E-state index in [9.17, 15) is 0 Å². The van der Waals surface area contributed by atoms with Crippen LogP contribution in [0.4, 0.5) is 0 Å². The summed E-state index contributed by atoms with van der Waals surface area (Å²) in [4.78, 5) is 1.92. The van der Waals surface area contributed by atoms with Crippen molar-refractivity contribution in [3.05, 3.63) is 6.67 Å². The summed E-state index contributed by atoms with van der Waals surface area (Å²) in [5.41, 5.74) is 5.12. The highest BCUT2D eigenvalue weighted by Gasteiger charge is 2.07. The van der Waals surface area contributed by atoms with Gasteiger partial charge in [-0.1, -0.05) is 0 Å². The Morgan fingerprint density at radius 2 is 2.00 bits per heavy atom. The number of hydrogen-bond acceptors (Lipinski definition) is 3. The van der Waals surface area contributed by atoms with Crippen molar-refractivity contribution in [1.82, 2.24) is 4.90 Å². The summed E-state index contributed by atoms with van der Waals surface area (Å²) < 4.78 is 5.06. The van der Waals surface area contributed by atoms with Crippen LogP contribution in [-0.2, 0) is 4.74 Å². The number of nitrogens with two attached hydrogens (primary N) is 1. The summed E-state index contributed by atoms with van der Waals surface area (Å²) in [6.45, 7) is 5.89. The van der Waals surface area contributed by atoms with Crippen LogP contribution in [0.3, 0.4) is 0 Å². The standard InChI is InChI=1S/C5H10N2O/c6-5-7-1-3-8-4-2-7/h1-4,6H2. The van der Waals surface area contributed by atoms with Gasteiger partial charge < -0.3 is 10.5 Å². The molecule has 0 aromatic heterocycles. The zero-order valence-corrected chi connectivity index (χ0v) is 4.76. The minimum Gasteiger partial charge on any atom is -0.379 e. The van der Waals surface area contributed by atoms with Crippen LogP contribution in [0.25, 0.3) is 0 Å². The third kappa shape index (κ3) is 1.43. The maximum atomic E-state index is 5.12.